The Bertz CT molecular complexity index is 1680. The zero-order chi connectivity index (χ0) is 31.0. The van der Waals surface area contributed by atoms with Crippen LogP contribution in [0.2, 0.25) is 0 Å². The molecule has 14 heteroatoms. The summed E-state index contributed by atoms with van der Waals surface area (Å²) in [6.07, 6.45) is 5.64. The molecule has 2 saturated heterocycles. The zero-order valence-electron chi connectivity index (χ0n) is 24.7. The van der Waals surface area contributed by atoms with Crippen molar-refractivity contribution in [2.75, 3.05) is 39.4 Å². The van der Waals surface area contributed by atoms with Crippen LogP contribution in [-0.4, -0.2) is 91.1 Å². The van der Waals surface area contributed by atoms with Gasteiger partial charge in [0.1, 0.15) is 23.8 Å². The van der Waals surface area contributed by atoms with E-state index in [9.17, 15) is 18.4 Å². The molecule has 0 radical (unpaired) electrons. The molecule has 2 aliphatic heterocycles. The Hall–Kier alpha value is -4.06. The molecule has 0 atom stereocenters. The minimum Gasteiger partial charge on any atom is -0.474 e. The molecular weight excluding hydrogens is 587 g/mol. The number of H-pyrrole nitrogens is 1. The molecule has 0 bridgehead atoms. The van der Waals surface area contributed by atoms with Crippen LogP contribution in [0, 0.1) is 11.3 Å². The lowest BCUT2D eigenvalue weighted by Crippen LogP contribution is -2.58. The Labute approximate surface area is 258 Å². The van der Waals surface area contributed by atoms with Gasteiger partial charge in [-0.15, -0.1) is 0 Å². The number of likely N-dealkylation sites (tertiary alicyclic amines) is 1. The number of fused-ring (bicyclic) bond motifs is 1. The van der Waals surface area contributed by atoms with E-state index in [0.717, 1.165) is 54.3 Å². The van der Waals surface area contributed by atoms with E-state index < -0.39 is 17.4 Å². The maximum Gasteiger partial charge on any atom is 0.433 e. The molecule has 11 nitrogen and oxygen atoms in total. The number of aromatic nitrogens is 6. The Morgan fingerprint density at radius 3 is 2.67 bits per heavy atom. The van der Waals surface area contributed by atoms with Crippen LogP contribution in [0.1, 0.15) is 43.4 Å². The fourth-order valence-electron chi connectivity index (χ4n) is 6.85. The fraction of sp³-hybridized carbons (Fsp3) is 0.516. The van der Waals surface area contributed by atoms with Gasteiger partial charge >= 0.3 is 6.18 Å². The topological polar surface area (TPSA) is 121 Å². The van der Waals surface area contributed by atoms with Gasteiger partial charge in [0.15, 0.2) is 0 Å². The molecule has 0 spiro atoms. The van der Waals surface area contributed by atoms with Crippen LogP contribution < -0.4 is 4.74 Å². The van der Waals surface area contributed by atoms with Crippen molar-refractivity contribution in [1.29, 1.82) is 5.26 Å². The van der Waals surface area contributed by atoms with E-state index >= 15 is 0 Å². The lowest BCUT2D eigenvalue weighted by molar-refractivity contribution is -0.141. The highest BCUT2D eigenvalue weighted by atomic mass is 19.4. The van der Waals surface area contributed by atoms with Gasteiger partial charge < -0.3 is 14.5 Å². The van der Waals surface area contributed by atoms with Crippen molar-refractivity contribution in [3.05, 3.63) is 54.4 Å². The molecule has 45 heavy (non-hydrogen) atoms. The first kappa shape index (κ1) is 29.6. The van der Waals surface area contributed by atoms with Crippen LogP contribution in [-0.2, 0) is 23.0 Å². The summed E-state index contributed by atoms with van der Waals surface area (Å²) in [5, 5.41) is 15.3. The number of morpholine rings is 1. The summed E-state index contributed by atoms with van der Waals surface area (Å²) in [4.78, 5) is 20.1. The van der Waals surface area contributed by atoms with Gasteiger partial charge in [-0.3, -0.25) is 14.5 Å². The second-order valence-electron chi connectivity index (χ2n) is 12.2. The molecule has 7 rings (SSSR count). The number of pyridine rings is 1. The van der Waals surface area contributed by atoms with Crippen LogP contribution in [0.5, 0.6) is 5.88 Å². The summed E-state index contributed by atoms with van der Waals surface area (Å²) in [5.74, 6) is 0.0262. The summed E-state index contributed by atoms with van der Waals surface area (Å²) >= 11 is 0. The summed E-state index contributed by atoms with van der Waals surface area (Å²) in [7, 11) is 0. The van der Waals surface area contributed by atoms with E-state index in [-0.39, 0.29) is 18.0 Å². The molecule has 0 unspecified atom stereocenters. The summed E-state index contributed by atoms with van der Waals surface area (Å²) < 4.78 is 54.4. The predicted octanol–water partition coefficient (Wildman–Crippen LogP) is 4.38. The molecule has 4 aromatic heterocycles. The molecule has 0 amide bonds. The average molecular weight is 622 g/mol. The Kier molecular flexibility index (Phi) is 7.93. The second-order valence-corrected chi connectivity index (χ2v) is 12.2. The SMILES string of the molecule is N#CC[C@]1(n2cc(-c3ncnc4[nH]ccc34)cn2)C[C@H](N2CCC(Oc3cc(CN4CCOCC4)cc(C(F)(F)F)n3)CC2)C1. The van der Waals surface area contributed by atoms with Crippen LogP contribution >= 0.6 is 0 Å². The van der Waals surface area contributed by atoms with Gasteiger partial charge in [0.2, 0.25) is 5.88 Å². The number of nitriles is 1. The lowest BCUT2D eigenvalue weighted by Gasteiger charge is -2.52. The molecule has 6 heterocycles. The van der Waals surface area contributed by atoms with E-state index in [1.165, 1.54) is 6.33 Å². The summed E-state index contributed by atoms with van der Waals surface area (Å²) in [6, 6.07) is 7.34. The Morgan fingerprint density at radius 2 is 1.91 bits per heavy atom. The number of hydrogen-bond acceptors (Lipinski definition) is 9. The van der Waals surface area contributed by atoms with Gasteiger partial charge in [-0.1, -0.05) is 0 Å². The van der Waals surface area contributed by atoms with Crippen LogP contribution in [0.15, 0.2) is 43.1 Å². The molecule has 236 valence electrons. The van der Waals surface area contributed by atoms with Crippen molar-refractivity contribution < 1.29 is 22.6 Å². The first-order valence-electron chi connectivity index (χ1n) is 15.3. The molecule has 1 saturated carbocycles. The number of hydrogen-bond donors (Lipinski definition) is 1. The molecule has 3 fully saturated rings. The molecule has 0 aromatic carbocycles. The maximum atomic E-state index is 13.7. The van der Waals surface area contributed by atoms with Gasteiger partial charge in [0, 0.05) is 68.2 Å². The van der Waals surface area contributed by atoms with Gasteiger partial charge in [-0.25, -0.2) is 15.0 Å². The Morgan fingerprint density at radius 1 is 1.11 bits per heavy atom. The highest BCUT2D eigenvalue weighted by Crippen LogP contribution is 2.45. The Balaban J connectivity index is 0.981. The van der Waals surface area contributed by atoms with E-state index in [1.807, 2.05) is 23.1 Å². The highest BCUT2D eigenvalue weighted by Gasteiger charge is 2.49. The van der Waals surface area contributed by atoms with Crippen molar-refractivity contribution in [3.8, 4) is 23.2 Å². The van der Waals surface area contributed by atoms with Gasteiger partial charge in [0.05, 0.1) is 43.1 Å². The number of halogens is 3. The number of alkyl halides is 3. The third-order valence-corrected chi connectivity index (χ3v) is 9.28. The van der Waals surface area contributed by atoms with Crippen molar-refractivity contribution in [1.82, 2.24) is 39.5 Å². The van der Waals surface area contributed by atoms with E-state index in [4.69, 9.17) is 9.47 Å². The van der Waals surface area contributed by atoms with Gasteiger partial charge in [-0.2, -0.15) is 23.5 Å². The third kappa shape index (κ3) is 6.12. The van der Waals surface area contributed by atoms with E-state index in [2.05, 4.69) is 40.9 Å². The summed E-state index contributed by atoms with van der Waals surface area (Å²) in [5.41, 5.74) is 1.64. The van der Waals surface area contributed by atoms with Crippen molar-refractivity contribution >= 4 is 11.0 Å². The average Bonchev–Trinajstić information content (AvgIpc) is 3.70. The number of ether oxygens (including phenoxy) is 2. The standard InChI is InChI=1S/C31H34F3N9O2/c32-31(33,34)26-13-21(18-41-9-11-44-12-10-41)14-27(40-26)45-24-2-7-42(8-3-24)23-15-30(16-23,4-5-35)43-19-22(17-39-43)28-25-1-6-36-29(25)38-20-37-28/h1,6,13-14,17,19-20,23-24H,2-4,7-12,15-16,18H2,(H,36,37,38)/t23-,30-. The minimum atomic E-state index is -4.55. The predicted molar refractivity (Wildman–Crippen MR) is 157 cm³/mol. The third-order valence-electron chi connectivity index (χ3n) is 9.28. The van der Waals surface area contributed by atoms with E-state index in [1.54, 1.807) is 12.3 Å². The molecule has 4 aromatic rings. The van der Waals surface area contributed by atoms with Crippen molar-refractivity contribution in [2.24, 2.45) is 0 Å². The molecule has 3 aliphatic rings. The van der Waals surface area contributed by atoms with Crippen LogP contribution in [0.25, 0.3) is 22.3 Å². The molecule has 1 aliphatic carbocycles. The smallest absolute Gasteiger partial charge is 0.433 e. The van der Waals surface area contributed by atoms with E-state index in [0.29, 0.717) is 57.7 Å². The van der Waals surface area contributed by atoms with Gasteiger partial charge in [-0.05, 0) is 43.4 Å². The number of nitrogens with one attached hydrogen (secondary N) is 1. The molecule has 1 N–H and O–H groups in total. The first-order chi connectivity index (χ1) is 21.8. The van der Waals surface area contributed by atoms with Crippen LogP contribution in [0.3, 0.4) is 0 Å². The number of rotatable bonds is 8. The quantitative estimate of drug-likeness (QED) is 0.306. The van der Waals surface area contributed by atoms with Crippen molar-refractivity contribution in [3.63, 3.8) is 0 Å². The maximum absolute atomic E-state index is 13.7. The number of nitrogens with zero attached hydrogens (tertiary/aromatic N) is 8. The van der Waals surface area contributed by atoms with Gasteiger partial charge in [0.25, 0.3) is 0 Å². The fourth-order valence-corrected chi connectivity index (χ4v) is 6.85. The van der Waals surface area contributed by atoms with Crippen molar-refractivity contribution in [2.45, 2.75) is 62.5 Å². The minimum absolute atomic E-state index is 0.0262. The summed E-state index contributed by atoms with van der Waals surface area (Å²) in [6.45, 7) is 4.40. The number of aromatic amines is 1. The first-order valence-corrected chi connectivity index (χ1v) is 15.3. The largest absolute Gasteiger partial charge is 0.474 e. The normalized spacial score (nSPS) is 23.6. The number of piperidine rings is 1. The van der Waals surface area contributed by atoms with Crippen LogP contribution in [0.4, 0.5) is 13.2 Å². The lowest BCUT2D eigenvalue weighted by atomic mass is 9.69. The zero-order valence-corrected chi connectivity index (χ0v) is 24.7. The molecular formula is C31H34F3N9O2. The highest BCUT2D eigenvalue weighted by molar-refractivity contribution is 5.90. The monoisotopic (exact) mass is 621 g/mol. The second kappa shape index (κ2) is 12.0.